The Balaban J connectivity index is 1.53. The molecule has 2 aromatic rings. The molecule has 0 radical (unpaired) electrons. The van der Waals surface area contributed by atoms with E-state index in [1.54, 1.807) is 16.2 Å². The maximum absolute atomic E-state index is 12.5. The summed E-state index contributed by atoms with van der Waals surface area (Å²) in [5.41, 5.74) is 1.84. The summed E-state index contributed by atoms with van der Waals surface area (Å²) in [5, 5.41) is 4.25. The summed E-state index contributed by atoms with van der Waals surface area (Å²) >= 11 is 1.64. The number of hydrogen-bond donors (Lipinski definition) is 0. The Kier molecular flexibility index (Phi) is 6.98. The van der Waals surface area contributed by atoms with Gasteiger partial charge < -0.3 is 4.90 Å². The molecular formula is C20H25N3O3S2. The van der Waals surface area contributed by atoms with Crippen LogP contribution in [0.3, 0.4) is 0 Å². The summed E-state index contributed by atoms with van der Waals surface area (Å²) in [6.45, 7) is 5.49. The van der Waals surface area contributed by atoms with Gasteiger partial charge in [0.25, 0.3) is 0 Å². The highest BCUT2D eigenvalue weighted by atomic mass is 32.2. The highest BCUT2D eigenvalue weighted by molar-refractivity contribution is 7.95. The molecule has 1 aliphatic heterocycles. The second-order valence-corrected chi connectivity index (χ2v) is 9.84. The molecule has 1 aliphatic rings. The van der Waals surface area contributed by atoms with Gasteiger partial charge >= 0.3 is 0 Å². The molecule has 8 heteroatoms. The highest BCUT2D eigenvalue weighted by Gasteiger charge is 2.23. The Bertz CT molecular complexity index is 923. The third-order valence-corrected chi connectivity index (χ3v) is 6.61. The molecule has 1 aromatic carbocycles. The Morgan fingerprint density at radius 1 is 1.18 bits per heavy atom. The van der Waals surface area contributed by atoms with E-state index in [9.17, 15) is 13.2 Å². The van der Waals surface area contributed by atoms with Gasteiger partial charge in [0.2, 0.25) is 5.91 Å². The number of nitrogens with zero attached hydrogens (tertiary/aromatic N) is 3. The monoisotopic (exact) mass is 419 g/mol. The molecule has 1 fully saturated rings. The Morgan fingerprint density at radius 3 is 2.68 bits per heavy atom. The van der Waals surface area contributed by atoms with Crippen LogP contribution >= 0.6 is 11.3 Å². The molecule has 0 saturated carbocycles. The van der Waals surface area contributed by atoms with Crippen LogP contribution in [0.25, 0.3) is 6.08 Å². The van der Waals surface area contributed by atoms with Crippen molar-refractivity contribution in [2.24, 2.45) is 0 Å². The van der Waals surface area contributed by atoms with Crippen molar-refractivity contribution in [1.82, 2.24) is 14.8 Å². The fraction of sp³-hybridized carbons (Fsp3) is 0.400. The fourth-order valence-corrected chi connectivity index (χ4v) is 4.74. The molecule has 0 aliphatic carbocycles. The first-order valence-corrected chi connectivity index (χ1v) is 11.9. The standard InChI is InChI=1S/C20H25N3O3S2/c1-17-21-19(15-27-17)14-22-9-5-10-23(12-11-22)20(24)16-28(25,26)13-8-18-6-3-2-4-7-18/h2-4,6-8,13,15H,5,9-12,14,16H2,1H3/b13-8+. The first-order chi connectivity index (χ1) is 13.4. The van der Waals surface area contributed by atoms with E-state index in [1.807, 2.05) is 37.3 Å². The summed E-state index contributed by atoms with van der Waals surface area (Å²) < 4.78 is 24.6. The number of carbonyl (C=O) groups is 1. The summed E-state index contributed by atoms with van der Waals surface area (Å²) in [6.07, 6.45) is 2.36. The van der Waals surface area contributed by atoms with Crippen LogP contribution in [0, 0.1) is 6.92 Å². The molecule has 1 aromatic heterocycles. The zero-order valence-corrected chi connectivity index (χ0v) is 17.6. The van der Waals surface area contributed by atoms with Gasteiger partial charge in [-0.25, -0.2) is 13.4 Å². The molecule has 0 spiro atoms. The number of sulfone groups is 1. The molecule has 0 N–H and O–H groups in total. The molecular weight excluding hydrogens is 394 g/mol. The maximum atomic E-state index is 12.5. The van der Waals surface area contributed by atoms with Crippen molar-refractivity contribution in [1.29, 1.82) is 0 Å². The predicted molar refractivity (Wildman–Crippen MR) is 113 cm³/mol. The van der Waals surface area contributed by atoms with Gasteiger partial charge in [0.15, 0.2) is 9.84 Å². The molecule has 6 nitrogen and oxygen atoms in total. The lowest BCUT2D eigenvalue weighted by atomic mass is 10.2. The predicted octanol–water partition coefficient (Wildman–Crippen LogP) is 2.57. The number of benzene rings is 1. The lowest BCUT2D eigenvalue weighted by Gasteiger charge is -2.21. The van der Waals surface area contributed by atoms with Crippen molar-refractivity contribution in [2.45, 2.75) is 19.9 Å². The molecule has 2 heterocycles. The topological polar surface area (TPSA) is 70.6 Å². The second-order valence-electron chi connectivity index (χ2n) is 6.89. The van der Waals surface area contributed by atoms with Crippen LogP contribution in [-0.2, 0) is 21.2 Å². The van der Waals surface area contributed by atoms with Crippen LogP contribution in [0.1, 0.15) is 22.7 Å². The van der Waals surface area contributed by atoms with E-state index in [0.29, 0.717) is 13.1 Å². The normalized spacial score (nSPS) is 16.4. The van der Waals surface area contributed by atoms with E-state index in [-0.39, 0.29) is 5.91 Å². The summed E-state index contributed by atoms with van der Waals surface area (Å²) in [7, 11) is -3.59. The van der Waals surface area contributed by atoms with Gasteiger partial charge in [0.1, 0.15) is 5.75 Å². The quantitative estimate of drug-likeness (QED) is 0.720. The summed E-state index contributed by atoms with van der Waals surface area (Å²) in [4.78, 5) is 21.0. The van der Waals surface area contributed by atoms with Crippen molar-refractivity contribution < 1.29 is 13.2 Å². The molecule has 150 valence electrons. The minimum absolute atomic E-state index is 0.330. The smallest absolute Gasteiger partial charge is 0.238 e. The summed E-state index contributed by atoms with van der Waals surface area (Å²) in [5.74, 6) is -0.814. The van der Waals surface area contributed by atoms with Crippen molar-refractivity contribution >= 4 is 33.2 Å². The van der Waals surface area contributed by atoms with E-state index in [2.05, 4.69) is 15.3 Å². The van der Waals surface area contributed by atoms with E-state index in [0.717, 1.165) is 47.7 Å². The lowest BCUT2D eigenvalue weighted by molar-refractivity contribution is -0.128. The van der Waals surface area contributed by atoms with E-state index >= 15 is 0 Å². The van der Waals surface area contributed by atoms with Crippen LogP contribution in [0.5, 0.6) is 0 Å². The number of aromatic nitrogens is 1. The minimum Gasteiger partial charge on any atom is -0.340 e. The third kappa shape index (κ3) is 6.25. The third-order valence-electron chi connectivity index (χ3n) is 4.59. The molecule has 1 amide bonds. The molecule has 1 saturated heterocycles. The second kappa shape index (κ2) is 9.45. The number of amides is 1. The van der Waals surface area contributed by atoms with Gasteiger partial charge in [-0.05, 0) is 25.0 Å². The molecule has 0 atom stereocenters. The first-order valence-electron chi connectivity index (χ1n) is 9.28. The van der Waals surface area contributed by atoms with E-state index in [4.69, 9.17) is 0 Å². The van der Waals surface area contributed by atoms with Gasteiger partial charge in [-0.15, -0.1) is 11.3 Å². The van der Waals surface area contributed by atoms with Crippen LogP contribution in [0.2, 0.25) is 0 Å². The Hall–Kier alpha value is -2.03. The molecule has 0 bridgehead atoms. The van der Waals surface area contributed by atoms with E-state index < -0.39 is 15.6 Å². The average Bonchev–Trinajstić information content (AvgIpc) is 2.93. The maximum Gasteiger partial charge on any atom is 0.238 e. The number of thiazole rings is 1. The SMILES string of the molecule is Cc1nc(CN2CCCN(C(=O)CS(=O)(=O)/C=C/c3ccccc3)CC2)cs1. The van der Waals surface area contributed by atoms with Gasteiger partial charge in [-0.3, -0.25) is 9.69 Å². The van der Waals surface area contributed by atoms with Crippen LogP contribution < -0.4 is 0 Å². The number of hydrogen-bond acceptors (Lipinski definition) is 6. The minimum atomic E-state index is -3.59. The highest BCUT2D eigenvalue weighted by Crippen LogP contribution is 2.13. The van der Waals surface area contributed by atoms with Crippen molar-refractivity contribution in [2.75, 3.05) is 31.9 Å². The molecule has 0 unspecified atom stereocenters. The van der Waals surface area contributed by atoms with Crippen LogP contribution in [-0.4, -0.2) is 61.0 Å². The van der Waals surface area contributed by atoms with Crippen molar-refractivity contribution in [3.05, 3.63) is 57.4 Å². The van der Waals surface area contributed by atoms with Gasteiger partial charge in [-0.2, -0.15) is 0 Å². The summed E-state index contributed by atoms with van der Waals surface area (Å²) in [6, 6.07) is 9.19. The molecule has 28 heavy (non-hydrogen) atoms. The number of aryl methyl sites for hydroxylation is 1. The zero-order chi connectivity index (χ0) is 20.0. The Labute approximate surface area is 170 Å². The molecule has 3 rings (SSSR count). The van der Waals surface area contributed by atoms with Gasteiger partial charge in [0.05, 0.1) is 10.7 Å². The van der Waals surface area contributed by atoms with Crippen LogP contribution in [0.15, 0.2) is 41.1 Å². The van der Waals surface area contributed by atoms with Gasteiger partial charge in [-0.1, -0.05) is 30.3 Å². The van der Waals surface area contributed by atoms with E-state index in [1.165, 1.54) is 6.08 Å². The van der Waals surface area contributed by atoms with Crippen molar-refractivity contribution in [3.63, 3.8) is 0 Å². The van der Waals surface area contributed by atoms with Crippen LogP contribution in [0.4, 0.5) is 0 Å². The first kappa shape index (κ1) is 20.7. The largest absolute Gasteiger partial charge is 0.340 e. The number of carbonyl (C=O) groups excluding carboxylic acids is 1. The Morgan fingerprint density at radius 2 is 1.96 bits per heavy atom. The number of rotatable bonds is 6. The zero-order valence-electron chi connectivity index (χ0n) is 16.0. The van der Waals surface area contributed by atoms with Crippen molar-refractivity contribution in [3.8, 4) is 0 Å². The van der Waals surface area contributed by atoms with Gasteiger partial charge in [0, 0.05) is 43.5 Å². The fourth-order valence-electron chi connectivity index (χ4n) is 3.15. The lowest BCUT2D eigenvalue weighted by Crippen LogP contribution is -2.38. The average molecular weight is 420 g/mol.